The van der Waals surface area contributed by atoms with Gasteiger partial charge in [-0.3, -0.25) is 10.4 Å². The van der Waals surface area contributed by atoms with Crippen LogP contribution in [0.5, 0.6) is 0 Å². The lowest BCUT2D eigenvalue weighted by Gasteiger charge is -2.23. The molecular formula is C11H26N4. The van der Waals surface area contributed by atoms with Gasteiger partial charge in [0, 0.05) is 13.1 Å². The minimum atomic E-state index is 0.604. The average Bonchev–Trinajstić information content (AvgIpc) is 2.15. The summed E-state index contributed by atoms with van der Waals surface area (Å²) in [6, 6.07) is 0. The van der Waals surface area contributed by atoms with Gasteiger partial charge >= 0.3 is 0 Å². The lowest BCUT2D eigenvalue weighted by molar-refractivity contribution is 0.297. The van der Waals surface area contributed by atoms with E-state index in [1.54, 1.807) is 0 Å². The van der Waals surface area contributed by atoms with Crippen molar-refractivity contribution in [3.8, 4) is 0 Å². The summed E-state index contributed by atoms with van der Waals surface area (Å²) in [5.41, 5.74) is 2.58. The second kappa shape index (κ2) is 7.51. The van der Waals surface area contributed by atoms with Crippen molar-refractivity contribution in [2.75, 3.05) is 13.1 Å². The number of hydrogen-bond acceptors (Lipinski definition) is 2. The van der Waals surface area contributed by atoms with Crippen molar-refractivity contribution >= 4 is 5.96 Å². The van der Waals surface area contributed by atoms with Crippen LogP contribution in [0.15, 0.2) is 4.99 Å². The van der Waals surface area contributed by atoms with Crippen molar-refractivity contribution in [3.63, 3.8) is 0 Å². The van der Waals surface area contributed by atoms with Gasteiger partial charge < -0.3 is 5.32 Å². The Morgan fingerprint density at radius 2 is 1.73 bits per heavy atom. The summed E-state index contributed by atoms with van der Waals surface area (Å²) in [6.45, 7) is 12.6. The molecule has 4 nitrogen and oxygen atoms in total. The summed E-state index contributed by atoms with van der Waals surface area (Å²) in [5, 5.41) is 3.08. The number of rotatable bonds is 5. The molecule has 0 amide bonds. The first-order chi connectivity index (χ1) is 7.02. The molecule has 0 spiro atoms. The number of hydrazine groups is 1. The molecular weight excluding hydrogens is 188 g/mol. The maximum absolute atomic E-state index is 5.35. The van der Waals surface area contributed by atoms with E-state index in [1.807, 2.05) is 6.92 Å². The normalized spacial score (nSPS) is 12.7. The lowest BCUT2D eigenvalue weighted by atomic mass is 9.86. The smallest absolute Gasteiger partial charge is 0.205 e. The molecule has 0 saturated heterocycles. The summed E-state index contributed by atoms with van der Waals surface area (Å²) in [5.74, 6) is 7.94. The molecule has 0 aromatic carbocycles. The van der Waals surface area contributed by atoms with Crippen LogP contribution in [0.3, 0.4) is 0 Å². The zero-order chi connectivity index (χ0) is 11.8. The van der Waals surface area contributed by atoms with Gasteiger partial charge in [0.05, 0.1) is 0 Å². The molecule has 0 saturated carbocycles. The SMILES string of the molecule is CCNC(=NCC(C(C)C)C(C)C)NN. The molecule has 0 rings (SSSR count). The number of nitrogens with zero attached hydrogens (tertiary/aromatic N) is 1. The number of hydrogen-bond donors (Lipinski definition) is 3. The van der Waals surface area contributed by atoms with Gasteiger partial charge in [-0.05, 0) is 24.7 Å². The Morgan fingerprint density at radius 3 is 2.07 bits per heavy atom. The number of nitrogens with one attached hydrogen (secondary N) is 2. The van der Waals surface area contributed by atoms with Crippen molar-refractivity contribution in [2.24, 2.45) is 28.6 Å². The van der Waals surface area contributed by atoms with Crippen LogP contribution in [0, 0.1) is 17.8 Å². The molecule has 0 aliphatic heterocycles. The highest BCUT2D eigenvalue weighted by molar-refractivity contribution is 5.79. The van der Waals surface area contributed by atoms with Gasteiger partial charge in [-0.1, -0.05) is 27.7 Å². The highest BCUT2D eigenvalue weighted by Crippen LogP contribution is 2.20. The van der Waals surface area contributed by atoms with E-state index in [0.29, 0.717) is 23.7 Å². The van der Waals surface area contributed by atoms with Crippen LogP contribution in [0.2, 0.25) is 0 Å². The Kier molecular flexibility index (Phi) is 7.13. The maximum atomic E-state index is 5.35. The molecule has 4 N–H and O–H groups in total. The Bertz CT molecular complexity index is 179. The van der Waals surface area contributed by atoms with E-state index < -0.39 is 0 Å². The van der Waals surface area contributed by atoms with Gasteiger partial charge in [0.25, 0.3) is 0 Å². The Labute approximate surface area is 93.7 Å². The highest BCUT2D eigenvalue weighted by atomic mass is 15.3. The van der Waals surface area contributed by atoms with E-state index in [-0.39, 0.29) is 0 Å². The molecule has 0 unspecified atom stereocenters. The summed E-state index contributed by atoms with van der Waals surface area (Å²) >= 11 is 0. The largest absolute Gasteiger partial charge is 0.356 e. The second-order valence-electron chi connectivity index (χ2n) is 4.52. The molecule has 0 aromatic rings. The summed E-state index contributed by atoms with van der Waals surface area (Å²) < 4.78 is 0. The summed E-state index contributed by atoms with van der Waals surface area (Å²) in [4.78, 5) is 4.44. The predicted octanol–water partition coefficient (Wildman–Crippen LogP) is 1.34. The van der Waals surface area contributed by atoms with Gasteiger partial charge in [0.15, 0.2) is 0 Å². The van der Waals surface area contributed by atoms with Gasteiger partial charge in [-0.15, -0.1) is 0 Å². The van der Waals surface area contributed by atoms with Crippen LogP contribution in [-0.4, -0.2) is 19.0 Å². The van der Waals surface area contributed by atoms with Crippen LogP contribution < -0.4 is 16.6 Å². The van der Waals surface area contributed by atoms with Crippen molar-refractivity contribution < 1.29 is 0 Å². The fraction of sp³-hybridized carbons (Fsp3) is 0.909. The van der Waals surface area contributed by atoms with Crippen LogP contribution in [0.1, 0.15) is 34.6 Å². The Hall–Kier alpha value is -0.770. The van der Waals surface area contributed by atoms with E-state index in [9.17, 15) is 0 Å². The molecule has 0 atom stereocenters. The van der Waals surface area contributed by atoms with E-state index >= 15 is 0 Å². The van der Waals surface area contributed by atoms with Crippen molar-refractivity contribution in [1.82, 2.24) is 10.7 Å². The summed E-state index contributed by atoms with van der Waals surface area (Å²) in [6.07, 6.45) is 0. The third-order valence-corrected chi connectivity index (χ3v) is 2.65. The van der Waals surface area contributed by atoms with Gasteiger partial charge in [-0.2, -0.15) is 0 Å². The Morgan fingerprint density at radius 1 is 1.20 bits per heavy atom. The lowest BCUT2D eigenvalue weighted by Crippen LogP contribution is -2.42. The minimum Gasteiger partial charge on any atom is -0.356 e. The molecule has 0 aromatic heterocycles. The van der Waals surface area contributed by atoms with Crippen molar-refractivity contribution in [3.05, 3.63) is 0 Å². The Balaban J connectivity index is 4.27. The van der Waals surface area contributed by atoms with Crippen molar-refractivity contribution in [1.29, 1.82) is 0 Å². The first kappa shape index (κ1) is 14.2. The fourth-order valence-corrected chi connectivity index (χ4v) is 1.71. The minimum absolute atomic E-state index is 0.604. The third-order valence-electron chi connectivity index (χ3n) is 2.65. The molecule has 15 heavy (non-hydrogen) atoms. The number of guanidine groups is 1. The predicted molar refractivity (Wildman–Crippen MR) is 66.5 cm³/mol. The van der Waals surface area contributed by atoms with Gasteiger partial charge in [0.1, 0.15) is 0 Å². The zero-order valence-corrected chi connectivity index (χ0v) is 10.7. The van der Waals surface area contributed by atoms with E-state index in [2.05, 4.69) is 43.4 Å². The molecule has 4 heteroatoms. The van der Waals surface area contributed by atoms with Gasteiger partial charge in [0.2, 0.25) is 5.96 Å². The van der Waals surface area contributed by atoms with E-state index in [4.69, 9.17) is 5.84 Å². The first-order valence-corrected chi connectivity index (χ1v) is 5.77. The molecule has 90 valence electrons. The number of nitrogens with two attached hydrogens (primary N) is 1. The molecule has 0 fully saturated rings. The van der Waals surface area contributed by atoms with Crippen LogP contribution >= 0.6 is 0 Å². The van der Waals surface area contributed by atoms with E-state index in [1.165, 1.54) is 0 Å². The highest BCUT2D eigenvalue weighted by Gasteiger charge is 2.16. The quantitative estimate of drug-likeness (QED) is 0.280. The zero-order valence-electron chi connectivity index (χ0n) is 10.7. The molecule has 0 bridgehead atoms. The fourth-order valence-electron chi connectivity index (χ4n) is 1.71. The first-order valence-electron chi connectivity index (χ1n) is 5.77. The average molecular weight is 214 g/mol. The topological polar surface area (TPSA) is 62.4 Å². The van der Waals surface area contributed by atoms with Crippen LogP contribution in [0.4, 0.5) is 0 Å². The third kappa shape index (κ3) is 5.62. The monoisotopic (exact) mass is 214 g/mol. The number of aliphatic imine (C=N–C) groups is 1. The standard InChI is InChI=1S/C11H26N4/c1-6-13-11(15-12)14-7-10(8(2)3)9(4)5/h8-10H,6-7,12H2,1-5H3,(H2,13,14,15). The molecule has 0 radical (unpaired) electrons. The molecule has 0 heterocycles. The maximum Gasteiger partial charge on any atom is 0.205 e. The van der Waals surface area contributed by atoms with Crippen LogP contribution in [0.25, 0.3) is 0 Å². The summed E-state index contributed by atoms with van der Waals surface area (Å²) in [7, 11) is 0. The second-order valence-corrected chi connectivity index (χ2v) is 4.52. The van der Waals surface area contributed by atoms with Crippen LogP contribution in [-0.2, 0) is 0 Å². The molecule has 0 aliphatic rings. The molecule has 0 aliphatic carbocycles. The van der Waals surface area contributed by atoms with Gasteiger partial charge in [-0.25, -0.2) is 5.84 Å². The van der Waals surface area contributed by atoms with Crippen molar-refractivity contribution in [2.45, 2.75) is 34.6 Å². The van der Waals surface area contributed by atoms with E-state index in [0.717, 1.165) is 13.1 Å².